The molecule has 1 aromatic carbocycles. The van der Waals surface area contributed by atoms with E-state index in [1.807, 2.05) is 19.4 Å². The minimum atomic E-state index is 0.132. The number of nitrogens with zero attached hydrogens (tertiary/aromatic N) is 2. The van der Waals surface area contributed by atoms with Crippen molar-refractivity contribution in [3.05, 3.63) is 53.9 Å². The lowest BCUT2D eigenvalue weighted by Gasteiger charge is -2.42. The van der Waals surface area contributed by atoms with Crippen LogP contribution in [0.25, 0.3) is 0 Å². The van der Waals surface area contributed by atoms with Crippen LogP contribution in [-0.4, -0.2) is 22.2 Å². The first-order valence-corrected chi connectivity index (χ1v) is 8.50. The van der Waals surface area contributed by atoms with Crippen LogP contribution >= 0.6 is 0 Å². The number of aromatic nitrogens is 2. The number of hydrogen-bond donors (Lipinski definition) is 1. The van der Waals surface area contributed by atoms with E-state index in [2.05, 4.69) is 40.7 Å². The second-order valence-corrected chi connectivity index (χ2v) is 7.11. The third-order valence-electron chi connectivity index (χ3n) is 5.58. The maximum absolute atomic E-state index is 12.5. The number of aryl methyl sites for hydroxylation is 1. The molecule has 0 spiro atoms. The second-order valence-electron chi connectivity index (χ2n) is 7.11. The van der Waals surface area contributed by atoms with E-state index in [0.717, 1.165) is 13.0 Å². The molecule has 4 nitrogen and oxygen atoms in total. The van der Waals surface area contributed by atoms with Gasteiger partial charge in [-0.15, -0.1) is 0 Å². The number of nitrogens with one attached hydrogen (secondary N) is 1. The molecule has 120 valence electrons. The molecular weight excluding hydrogens is 286 g/mol. The fraction of sp³-hybridized carbons (Fsp3) is 0.474. The summed E-state index contributed by atoms with van der Waals surface area (Å²) in [6.45, 7) is 0.770. The van der Waals surface area contributed by atoms with Crippen molar-refractivity contribution in [1.82, 2.24) is 15.1 Å². The third-order valence-corrected chi connectivity index (χ3v) is 5.58. The van der Waals surface area contributed by atoms with Crippen LogP contribution in [0.2, 0.25) is 0 Å². The fourth-order valence-electron chi connectivity index (χ4n) is 3.83. The molecule has 0 saturated heterocycles. The highest BCUT2D eigenvalue weighted by Gasteiger charge is 2.46. The number of benzene rings is 1. The van der Waals surface area contributed by atoms with Gasteiger partial charge >= 0.3 is 0 Å². The van der Waals surface area contributed by atoms with Crippen molar-refractivity contribution in [1.29, 1.82) is 0 Å². The molecular formula is C19H23N3O. The van der Waals surface area contributed by atoms with E-state index in [4.69, 9.17) is 0 Å². The molecule has 4 rings (SSSR count). The minimum Gasteiger partial charge on any atom is -0.355 e. The van der Waals surface area contributed by atoms with E-state index in [1.54, 1.807) is 4.68 Å². The molecule has 23 heavy (non-hydrogen) atoms. The van der Waals surface area contributed by atoms with E-state index in [9.17, 15) is 4.79 Å². The number of carbonyl (C=O) groups excluding carboxylic acids is 1. The molecule has 2 aromatic rings. The summed E-state index contributed by atoms with van der Waals surface area (Å²) in [5.74, 6) is 0.700. The minimum absolute atomic E-state index is 0.132. The van der Waals surface area contributed by atoms with Crippen LogP contribution in [-0.2, 0) is 17.3 Å². The van der Waals surface area contributed by atoms with E-state index in [-0.39, 0.29) is 17.2 Å². The predicted octanol–water partition coefficient (Wildman–Crippen LogP) is 2.76. The normalized spacial score (nSPS) is 24.7. The standard InChI is InChI=1S/C19H23N3O/c1-22-12-14(11-21-22)16-10-17(16)18(23)20-13-19(8-5-9-19)15-6-3-2-4-7-15/h2-4,6-7,11-12,16-17H,5,8-10,13H2,1H3,(H,20,23)/t16-,17+/m0/s1. The Labute approximate surface area is 136 Å². The Morgan fingerprint density at radius 2 is 2.13 bits per heavy atom. The molecule has 2 aliphatic carbocycles. The number of carbonyl (C=O) groups is 1. The van der Waals surface area contributed by atoms with Crippen molar-refractivity contribution < 1.29 is 4.79 Å². The van der Waals surface area contributed by atoms with Gasteiger partial charge in [-0.1, -0.05) is 36.8 Å². The molecule has 4 heteroatoms. The topological polar surface area (TPSA) is 46.9 Å². The van der Waals surface area contributed by atoms with E-state index >= 15 is 0 Å². The fourth-order valence-corrected chi connectivity index (χ4v) is 3.83. The number of rotatable bonds is 5. The van der Waals surface area contributed by atoms with Gasteiger partial charge in [0.05, 0.1) is 6.20 Å². The average Bonchev–Trinajstić information content (AvgIpc) is 3.22. The molecule has 1 aromatic heterocycles. The second kappa shape index (κ2) is 5.52. The van der Waals surface area contributed by atoms with Crippen LogP contribution in [0.1, 0.15) is 42.7 Å². The van der Waals surface area contributed by atoms with Gasteiger partial charge in [0.1, 0.15) is 0 Å². The van der Waals surface area contributed by atoms with Crippen molar-refractivity contribution in [3.8, 4) is 0 Å². The lowest BCUT2D eigenvalue weighted by molar-refractivity contribution is -0.122. The summed E-state index contributed by atoms with van der Waals surface area (Å²) in [5.41, 5.74) is 2.72. The van der Waals surface area contributed by atoms with Crippen molar-refractivity contribution in [2.24, 2.45) is 13.0 Å². The molecule has 2 fully saturated rings. The Hall–Kier alpha value is -2.10. The molecule has 1 amide bonds. The van der Waals surface area contributed by atoms with E-state index in [1.165, 1.54) is 30.4 Å². The van der Waals surface area contributed by atoms with Crippen molar-refractivity contribution in [3.63, 3.8) is 0 Å². The molecule has 0 radical (unpaired) electrons. The largest absolute Gasteiger partial charge is 0.355 e. The Bertz CT molecular complexity index is 702. The maximum atomic E-state index is 12.5. The van der Waals surface area contributed by atoms with Crippen molar-refractivity contribution in [2.75, 3.05) is 6.54 Å². The molecule has 0 unspecified atom stereocenters. The highest BCUT2D eigenvalue weighted by Crippen LogP contribution is 2.48. The van der Waals surface area contributed by atoms with Crippen LogP contribution in [0.5, 0.6) is 0 Å². The highest BCUT2D eigenvalue weighted by molar-refractivity contribution is 5.83. The number of amides is 1. The lowest BCUT2D eigenvalue weighted by Crippen LogP contribution is -2.46. The highest BCUT2D eigenvalue weighted by atomic mass is 16.2. The molecule has 1 heterocycles. The van der Waals surface area contributed by atoms with Gasteiger partial charge in [0.15, 0.2) is 0 Å². The zero-order valence-electron chi connectivity index (χ0n) is 13.5. The summed E-state index contributed by atoms with van der Waals surface area (Å²) in [4.78, 5) is 12.5. The summed E-state index contributed by atoms with van der Waals surface area (Å²) in [6, 6.07) is 10.6. The molecule has 0 bridgehead atoms. The average molecular weight is 309 g/mol. The summed E-state index contributed by atoms with van der Waals surface area (Å²) in [6.07, 6.45) is 8.47. The van der Waals surface area contributed by atoms with Gasteiger partial charge in [0, 0.05) is 31.1 Å². The van der Waals surface area contributed by atoms with Crippen LogP contribution in [0.4, 0.5) is 0 Å². The van der Waals surface area contributed by atoms with Crippen LogP contribution in [0.3, 0.4) is 0 Å². The van der Waals surface area contributed by atoms with E-state index < -0.39 is 0 Å². The summed E-state index contributed by atoms with van der Waals surface area (Å²) in [7, 11) is 1.92. The SMILES string of the molecule is Cn1cc([C@@H]2C[C@H]2C(=O)NCC2(c3ccccc3)CCC2)cn1. The Morgan fingerprint density at radius 1 is 1.35 bits per heavy atom. The Kier molecular flexibility index (Phi) is 3.47. The third kappa shape index (κ3) is 2.67. The smallest absolute Gasteiger partial charge is 0.223 e. The Balaban J connectivity index is 1.37. The molecule has 2 atom stereocenters. The van der Waals surface area contributed by atoms with E-state index in [0.29, 0.717) is 5.92 Å². The first-order chi connectivity index (χ1) is 11.2. The molecule has 2 aliphatic rings. The Morgan fingerprint density at radius 3 is 2.74 bits per heavy atom. The van der Waals surface area contributed by atoms with Crippen LogP contribution in [0.15, 0.2) is 42.7 Å². The number of hydrogen-bond acceptors (Lipinski definition) is 2. The van der Waals surface area contributed by atoms with Crippen molar-refractivity contribution in [2.45, 2.75) is 37.0 Å². The maximum Gasteiger partial charge on any atom is 0.223 e. The van der Waals surface area contributed by atoms with Gasteiger partial charge in [0.25, 0.3) is 0 Å². The van der Waals surface area contributed by atoms with Gasteiger partial charge < -0.3 is 5.32 Å². The van der Waals surface area contributed by atoms with Crippen LogP contribution in [0, 0.1) is 5.92 Å². The van der Waals surface area contributed by atoms with Crippen molar-refractivity contribution >= 4 is 5.91 Å². The van der Waals surface area contributed by atoms with Gasteiger partial charge in [-0.2, -0.15) is 5.10 Å². The van der Waals surface area contributed by atoms with Gasteiger partial charge in [-0.05, 0) is 36.3 Å². The predicted molar refractivity (Wildman–Crippen MR) is 89.0 cm³/mol. The zero-order chi connectivity index (χ0) is 15.9. The van der Waals surface area contributed by atoms with Gasteiger partial charge in [-0.25, -0.2) is 0 Å². The van der Waals surface area contributed by atoms with Gasteiger partial charge in [-0.3, -0.25) is 9.48 Å². The lowest BCUT2D eigenvalue weighted by atomic mass is 9.64. The molecule has 2 saturated carbocycles. The molecule has 0 aliphatic heterocycles. The first-order valence-electron chi connectivity index (χ1n) is 8.50. The molecule has 1 N–H and O–H groups in total. The van der Waals surface area contributed by atoms with Gasteiger partial charge in [0.2, 0.25) is 5.91 Å². The summed E-state index contributed by atoms with van der Waals surface area (Å²) in [5, 5.41) is 7.43. The summed E-state index contributed by atoms with van der Waals surface area (Å²) >= 11 is 0. The quantitative estimate of drug-likeness (QED) is 0.923. The monoisotopic (exact) mass is 309 g/mol. The first kappa shape index (κ1) is 14.5. The summed E-state index contributed by atoms with van der Waals surface area (Å²) < 4.78 is 1.81. The van der Waals surface area contributed by atoms with Crippen LogP contribution < -0.4 is 5.32 Å². The zero-order valence-corrected chi connectivity index (χ0v) is 13.5.